The van der Waals surface area contributed by atoms with E-state index in [1.165, 1.54) is 0 Å². The molecule has 0 fully saturated rings. The van der Waals surface area contributed by atoms with Crippen molar-refractivity contribution < 1.29 is 18.3 Å². The summed E-state index contributed by atoms with van der Waals surface area (Å²) < 4.78 is 31.3. The fourth-order valence-corrected chi connectivity index (χ4v) is 1.95. The van der Waals surface area contributed by atoms with Crippen LogP contribution in [-0.2, 0) is 6.54 Å². The van der Waals surface area contributed by atoms with E-state index < -0.39 is 17.5 Å². The van der Waals surface area contributed by atoms with Gasteiger partial charge in [0.25, 0.3) is 5.91 Å². The van der Waals surface area contributed by atoms with Crippen molar-refractivity contribution >= 4 is 23.2 Å². The predicted octanol–water partition coefficient (Wildman–Crippen LogP) is 2.28. The van der Waals surface area contributed by atoms with Crippen molar-refractivity contribution in [3.63, 3.8) is 0 Å². The van der Waals surface area contributed by atoms with Crippen molar-refractivity contribution in [3.05, 3.63) is 65.2 Å². The Kier molecular flexibility index (Phi) is 6.02. The molecule has 0 aliphatic rings. The van der Waals surface area contributed by atoms with E-state index >= 15 is 0 Å². The van der Waals surface area contributed by atoms with Gasteiger partial charge in [-0.1, -0.05) is 12.1 Å². The molecule has 0 saturated carbocycles. The normalized spacial score (nSPS) is 9.96. The average molecular weight is 351 g/mol. The van der Waals surface area contributed by atoms with Crippen molar-refractivity contribution in [1.29, 1.82) is 0 Å². The summed E-state index contributed by atoms with van der Waals surface area (Å²) in [4.78, 5) is 11.8. The molecular weight excluding hydrogens is 336 g/mol. The van der Waals surface area contributed by atoms with E-state index in [-0.39, 0.29) is 10.7 Å². The van der Waals surface area contributed by atoms with E-state index in [4.69, 9.17) is 17.0 Å². The lowest BCUT2D eigenvalue weighted by molar-refractivity contribution is 0.0939. The van der Waals surface area contributed by atoms with E-state index in [0.717, 1.165) is 23.4 Å². The largest absolute Gasteiger partial charge is 0.497 e. The molecule has 0 radical (unpaired) electrons. The average Bonchev–Trinajstić information content (AvgIpc) is 2.58. The monoisotopic (exact) mass is 351 g/mol. The maximum Gasteiger partial charge on any atom is 0.272 e. The first kappa shape index (κ1) is 17.6. The van der Waals surface area contributed by atoms with E-state index in [1.54, 1.807) is 7.11 Å². The van der Waals surface area contributed by atoms with Gasteiger partial charge in [0.05, 0.1) is 12.7 Å². The van der Waals surface area contributed by atoms with Crippen molar-refractivity contribution in [1.82, 2.24) is 16.2 Å². The molecule has 0 aliphatic carbocycles. The minimum Gasteiger partial charge on any atom is -0.497 e. The van der Waals surface area contributed by atoms with Crippen LogP contribution in [0.2, 0.25) is 0 Å². The first-order chi connectivity index (χ1) is 11.5. The molecule has 3 N–H and O–H groups in total. The molecule has 0 bridgehead atoms. The summed E-state index contributed by atoms with van der Waals surface area (Å²) >= 11 is 5.01. The highest BCUT2D eigenvalue weighted by molar-refractivity contribution is 7.80. The number of carbonyl (C=O) groups is 1. The van der Waals surface area contributed by atoms with Crippen LogP contribution in [0.3, 0.4) is 0 Å². The number of nitrogens with one attached hydrogen (secondary N) is 3. The van der Waals surface area contributed by atoms with Crippen LogP contribution in [-0.4, -0.2) is 18.1 Å². The number of ether oxygens (including phenoxy) is 1. The second kappa shape index (κ2) is 8.21. The molecule has 0 aliphatic heterocycles. The summed E-state index contributed by atoms with van der Waals surface area (Å²) in [5.74, 6) is -1.73. The lowest BCUT2D eigenvalue weighted by atomic mass is 10.2. The molecule has 5 nitrogen and oxygen atoms in total. The molecule has 126 valence electrons. The van der Waals surface area contributed by atoms with Gasteiger partial charge in [-0.2, -0.15) is 0 Å². The van der Waals surface area contributed by atoms with Crippen LogP contribution in [0.15, 0.2) is 42.5 Å². The Morgan fingerprint density at radius 3 is 2.46 bits per heavy atom. The van der Waals surface area contributed by atoms with Crippen molar-refractivity contribution in [3.8, 4) is 5.75 Å². The lowest BCUT2D eigenvalue weighted by Gasteiger charge is -2.12. The van der Waals surface area contributed by atoms with Gasteiger partial charge in [-0.15, -0.1) is 0 Å². The molecular formula is C16H15F2N3O2S. The fourth-order valence-electron chi connectivity index (χ4n) is 1.82. The molecule has 2 aromatic rings. The number of methoxy groups -OCH3 is 1. The zero-order valence-corrected chi connectivity index (χ0v) is 13.5. The highest BCUT2D eigenvalue weighted by Gasteiger charge is 2.12. The highest BCUT2D eigenvalue weighted by Crippen LogP contribution is 2.11. The maximum absolute atomic E-state index is 13.5. The van der Waals surface area contributed by atoms with Crippen LogP contribution in [0.5, 0.6) is 5.75 Å². The van der Waals surface area contributed by atoms with Crippen LogP contribution >= 0.6 is 12.2 Å². The number of carbonyl (C=O) groups excluding carboxylic acids is 1. The Morgan fingerprint density at radius 2 is 1.83 bits per heavy atom. The quantitative estimate of drug-likeness (QED) is 0.583. The maximum atomic E-state index is 13.5. The number of thiocarbonyl (C=S) groups is 1. The van der Waals surface area contributed by atoms with Gasteiger partial charge in [0.1, 0.15) is 17.4 Å². The van der Waals surface area contributed by atoms with Crippen LogP contribution < -0.4 is 20.9 Å². The minimum absolute atomic E-state index is 0.154. The molecule has 0 atom stereocenters. The summed E-state index contributed by atoms with van der Waals surface area (Å²) in [6.07, 6.45) is 0. The summed E-state index contributed by atoms with van der Waals surface area (Å²) in [5, 5.41) is 3.03. The first-order valence-electron chi connectivity index (χ1n) is 6.92. The zero-order valence-electron chi connectivity index (χ0n) is 12.7. The second-order valence-electron chi connectivity index (χ2n) is 4.73. The van der Waals surface area contributed by atoms with Crippen LogP contribution in [0.25, 0.3) is 0 Å². The van der Waals surface area contributed by atoms with Gasteiger partial charge in [0.15, 0.2) is 5.11 Å². The summed E-state index contributed by atoms with van der Waals surface area (Å²) in [6.45, 7) is 0.427. The first-order valence-corrected chi connectivity index (χ1v) is 7.32. The second-order valence-corrected chi connectivity index (χ2v) is 5.14. The summed E-state index contributed by atoms with van der Waals surface area (Å²) in [5.41, 5.74) is 5.35. The molecule has 24 heavy (non-hydrogen) atoms. The molecule has 0 unspecified atom stereocenters. The highest BCUT2D eigenvalue weighted by atomic mass is 32.1. The molecule has 2 aromatic carbocycles. The van der Waals surface area contributed by atoms with Gasteiger partial charge in [0.2, 0.25) is 0 Å². The number of benzene rings is 2. The molecule has 0 saturated heterocycles. The molecule has 0 spiro atoms. The Labute approximate surface area is 143 Å². The summed E-state index contributed by atoms with van der Waals surface area (Å²) in [6, 6.07) is 10.0. The Balaban J connectivity index is 1.80. The van der Waals surface area contributed by atoms with Gasteiger partial charge in [-0.05, 0) is 42.0 Å². The zero-order chi connectivity index (χ0) is 17.5. The van der Waals surface area contributed by atoms with Gasteiger partial charge in [0, 0.05) is 12.6 Å². The lowest BCUT2D eigenvalue weighted by Crippen LogP contribution is -2.46. The smallest absolute Gasteiger partial charge is 0.272 e. The summed E-state index contributed by atoms with van der Waals surface area (Å²) in [7, 11) is 1.58. The minimum atomic E-state index is -0.952. The van der Waals surface area contributed by atoms with E-state index in [1.807, 2.05) is 24.3 Å². The molecule has 0 heterocycles. The Bertz CT molecular complexity index is 739. The van der Waals surface area contributed by atoms with Crippen molar-refractivity contribution in [2.24, 2.45) is 0 Å². The third-order valence-electron chi connectivity index (χ3n) is 3.08. The molecule has 2 rings (SSSR count). The number of amides is 1. The standard InChI is InChI=1S/C16H15F2N3O2S/c1-23-12-5-2-10(3-6-12)9-19-16(24)21-20-15(22)13-7-4-11(17)8-14(13)18/h2-8H,9H2,1H3,(H,20,22)(H2,19,21,24). The number of hydrazine groups is 1. The van der Waals surface area contributed by atoms with Crippen LogP contribution in [0.4, 0.5) is 8.78 Å². The van der Waals surface area contributed by atoms with Gasteiger partial charge in [-0.3, -0.25) is 15.6 Å². The number of rotatable bonds is 4. The van der Waals surface area contributed by atoms with Crippen LogP contribution in [0, 0.1) is 11.6 Å². The fraction of sp³-hybridized carbons (Fsp3) is 0.125. The Morgan fingerprint density at radius 1 is 1.12 bits per heavy atom. The number of hydrogen-bond acceptors (Lipinski definition) is 3. The van der Waals surface area contributed by atoms with Crippen molar-refractivity contribution in [2.45, 2.75) is 6.54 Å². The SMILES string of the molecule is COc1ccc(CNC(=S)NNC(=O)c2ccc(F)cc2F)cc1. The number of halogens is 2. The topological polar surface area (TPSA) is 62.4 Å². The van der Waals surface area contributed by atoms with E-state index in [0.29, 0.717) is 12.6 Å². The van der Waals surface area contributed by atoms with Crippen molar-refractivity contribution in [2.75, 3.05) is 7.11 Å². The van der Waals surface area contributed by atoms with Gasteiger partial charge < -0.3 is 10.1 Å². The third kappa shape index (κ3) is 4.88. The molecule has 0 aromatic heterocycles. The van der Waals surface area contributed by atoms with Crippen LogP contribution in [0.1, 0.15) is 15.9 Å². The Hall–Kier alpha value is -2.74. The van der Waals surface area contributed by atoms with Gasteiger partial charge >= 0.3 is 0 Å². The predicted molar refractivity (Wildman–Crippen MR) is 89.4 cm³/mol. The number of hydrogen-bond donors (Lipinski definition) is 3. The van der Waals surface area contributed by atoms with Gasteiger partial charge in [-0.25, -0.2) is 8.78 Å². The van der Waals surface area contributed by atoms with E-state index in [9.17, 15) is 13.6 Å². The third-order valence-corrected chi connectivity index (χ3v) is 3.32. The molecule has 1 amide bonds. The van der Waals surface area contributed by atoms with E-state index in [2.05, 4.69) is 16.2 Å². The molecule has 8 heteroatoms.